The third-order valence-electron chi connectivity index (χ3n) is 2.92. The molecule has 0 spiro atoms. The van der Waals surface area contributed by atoms with Crippen molar-refractivity contribution in [2.24, 2.45) is 0 Å². The molecule has 0 aromatic heterocycles. The van der Waals surface area contributed by atoms with Gasteiger partial charge >= 0.3 is 0 Å². The highest BCUT2D eigenvalue weighted by atomic mass is 19.1. The van der Waals surface area contributed by atoms with Crippen molar-refractivity contribution in [1.29, 1.82) is 0 Å². The summed E-state index contributed by atoms with van der Waals surface area (Å²) in [4.78, 5) is 0. The van der Waals surface area contributed by atoms with Gasteiger partial charge in [-0.25, -0.2) is 4.39 Å². The van der Waals surface area contributed by atoms with Crippen molar-refractivity contribution in [2.45, 2.75) is 6.10 Å². The molecule has 1 N–H and O–H groups in total. The van der Waals surface area contributed by atoms with Crippen LogP contribution in [0, 0.1) is 5.82 Å². The molecule has 0 saturated heterocycles. The van der Waals surface area contributed by atoms with Gasteiger partial charge in [0.15, 0.2) is 0 Å². The summed E-state index contributed by atoms with van der Waals surface area (Å²) in [6, 6.07) is 13.1. The summed E-state index contributed by atoms with van der Waals surface area (Å²) >= 11 is 0. The molecular weight excluding hydrogens is 259 g/mol. The van der Waals surface area contributed by atoms with Gasteiger partial charge in [0.25, 0.3) is 0 Å². The number of benzene rings is 2. The number of hydrogen-bond acceptors (Lipinski definition) is 3. The maximum Gasteiger partial charge on any atom is 0.125 e. The second kappa shape index (κ2) is 7.03. The first-order chi connectivity index (χ1) is 9.72. The Labute approximate surface area is 117 Å². The molecule has 1 atom stereocenters. The average molecular weight is 276 g/mol. The van der Waals surface area contributed by atoms with Crippen molar-refractivity contribution < 1.29 is 19.0 Å². The number of halogens is 1. The lowest BCUT2D eigenvalue weighted by Gasteiger charge is -2.16. The lowest BCUT2D eigenvalue weighted by atomic mass is 10.0. The van der Waals surface area contributed by atoms with Gasteiger partial charge in [-0.3, -0.25) is 0 Å². The monoisotopic (exact) mass is 276 g/mol. The number of methoxy groups -OCH3 is 1. The molecule has 0 saturated carbocycles. The summed E-state index contributed by atoms with van der Waals surface area (Å²) in [5.41, 5.74) is 1.10. The van der Waals surface area contributed by atoms with Crippen molar-refractivity contribution >= 4 is 0 Å². The largest absolute Gasteiger partial charge is 0.491 e. The van der Waals surface area contributed by atoms with E-state index in [2.05, 4.69) is 0 Å². The smallest absolute Gasteiger partial charge is 0.125 e. The molecule has 1 unspecified atom stereocenters. The zero-order valence-corrected chi connectivity index (χ0v) is 11.3. The number of ether oxygens (including phenoxy) is 2. The molecule has 0 amide bonds. The fraction of sp³-hybridized carbons (Fsp3) is 0.250. The molecule has 0 aliphatic carbocycles. The first-order valence-corrected chi connectivity index (χ1v) is 6.36. The summed E-state index contributed by atoms with van der Waals surface area (Å²) in [5, 5.41) is 10.4. The zero-order valence-electron chi connectivity index (χ0n) is 11.3. The normalized spacial score (nSPS) is 12.2. The van der Waals surface area contributed by atoms with Crippen LogP contribution in [0.15, 0.2) is 48.5 Å². The number of aliphatic hydroxyl groups excluding tert-OH is 1. The summed E-state index contributed by atoms with van der Waals surface area (Å²) in [5.74, 6) is 0.195. The highest BCUT2D eigenvalue weighted by Crippen LogP contribution is 2.30. The van der Waals surface area contributed by atoms with Crippen LogP contribution in [-0.2, 0) is 4.74 Å². The summed E-state index contributed by atoms with van der Waals surface area (Å²) in [6.45, 7) is 0.855. The van der Waals surface area contributed by atoms with Gasteiger partial charge in [-0.1, -0.05) is 30.3 Å². The van der Waals surface area contributed by atoms with Crippen molar-refractivity contribution in [1.82, 2.24) is 0 Å². The number of rotatable bonds is 6. The predicted octanol–water partition coefficient (Wildman–Crippen LogP) is 2.93. The van der Waals surface area contributed by atoms with Crippen molar-refractivity contribution in [3.05, 3.63) is 65.5 Å². The van der Waals surface area contributed by atoms with Crippen molar-refractivity contribution in [3.63, 3.8) is 0 Å². The fourth-order valence-electron chi connectivity index (χ4n) is 1.93. The first kappa shape index (κ1) is 14.5. The highest BCUT2D eigenvalue weighted by Gasteiger charge is 2.15. The Bertz CT molecular complexity index is 557. The minimum absolute atomic E-state index is 0.376. The van der Waals surface area contributed by atoms with Crippen molar-refractivity contribution in [2.75, 3.05) is 20.3 Å². The molecule has 0 bridgehead atoms. The van der Waals surface area contributed by atoms with Gasteiger partial charge in [-0.15, -0.1) is 0 Å². The van der Waals surface area contributed by atoms with E-state index in [0.29, 0.717) is 30.1 Å². The van der Waals surface area contributed by atoms with E-state index in [9.17, 15) is 9.50 Å². The Hall–Kier alpha value is -1.91. The first-order valence-electron chi connectivity index (χ1n) is 6.36. The molecule has 2 aromatic rings. The van der Waals surface area contributed by atoms with Gasteiger partial charge in [0, 0.05) is 12.7 Å². The SMILES string of the molecule is COCCOc1ccccc1C(O)c1cccc(F)c1. The third-order valence-corrected chi connectivity index (χ3v) is 2.92. The fourth-order valence-corrected chi connectivity index (χ4v) is 1.93. The van der Waals surface area contributed by atoms with Gasteiger partial charge in [0.2, 0.25) is 0 Å². The Morgan fingerprint density at radius 3 is 2.65 bits per heavy atom. The Balaban J connectivity index is 2.23. The minimum Gasteiger partial charge on any atom is -0.491 e. The summed E-state index contributed by atoms with van der Waals surface area (Å²) in [6.07, 6.45) is -0.926. The molecule has 4 heteroatoms. The number of para-hydroxylation sites is 1. The van der Waals surface area contributed by atoms with Crippen molar-refractivity contribution in [3.8, 4) is 5.75 Å². The second-order valence-corrected chi connectivity index (χ2v) is 4.34. The molecular formula is C16H17FO3. The van der Waals surface area contributed by atoms with E-state index >= 15 is 0 Å². The molecule has 0 radical (unpaired) electrons. The van der Waals surface area contributed by atoms with E-state index in [1.165, 1.54) is 12.1 Å². The molecule has 20 heavy (non-hydrogen) atoms. The average Bonchev–Trinajstić information content (AvgIpc) is 2.47. The topological polar surface area (TPSA) is 38.7 Å². The number of hydrogen-bond donors (Lipinski definition) is 1. The van der Waals surface area contributed by atoms with Crippen LogP contribution >= 0.6 is 0 Å². The van der Waals surface area contributed by atoms with Crippen LogP contribution in [0.3, 0.4) is 0 Å². The molecule has 3 nitrogen and oxygen atoms in total. The van der Waals surface area contributed by atoms with E-state index in [4.69, 9.17) is 9.47 Å². The van der Waals surface area contributed by atoms with Crippen LogP contribution in [0.4, 0.5) is 4.39 Å². The van der Waals surface area contributed by atoms with E-state index in [1.54, 1.807) is 37.4 Å². The van der Waals surface area contributed by atoms with E-state index in [1.807, 2.05) is 6.07 Å². The molecule has 2 aromatic carbocycles. The zero-order chi connectivity index (χ0) is 14.4. The van der Waals surface area contributed by atoms with Crippen LogP contribution < -0.4 is 4.74 Å². The Morgan fingerprint density at radius 2 is 1.90 bits per heavy atom. The maximum atomic E-state index is 13.2. The summed E-state index contributed by atoms with van der Waals surface area (Å²) < 4.78 is 23.7. The molecule has 0 heterocycles. The van der Waals surface area contributed by atoms with Crippen LogP contribution in [0.25, 0.3) is 0 Å². The molecule has 0 aliphatic rings. The quantitative estimate of drug-likeness (QED) is 0.824. The molecule has 106 valence electrons. The number of aliphatic hydroxyl groups is 1. The van der Waals surface area contributed by atoms with E-state index < -0.39 is 6.10 Å². The van der Waals surface area contributed by atoms with Crippen LogP contribution in [0.1, 0.15) is 17.2 Å². The van der Waals surface area contributed by atoms with E-state index in [0.717, 1.165) is 0 Å². The van der Waals surface area contributed by atoms with Crippen LogP contribution in [0.5, 0.6) is 5.75 Å². The van der Waals surface area contributed by atoms with E-state index in [-0.39, 0.29) is 5.82 Å². The van der Waals surface area contributed by atoms with Gasteiger partial charge in [0.05, 0.1) is 6.61 Å². The Morgan fingerprint density at radius 1 is 1.10 bits per heavy atom. The van der Waals surface area contributed by atoms with Gasteiger partial charge in [-0.05, 0) is 23.8 Å². The molecule has 0 fully saturated rings. The molecule has 2 rings (SSSR count). The molecule has 0 aliphatic heterocycles. The van der Waals surface area contributed by atoms with Gasteiger partial charge < -0.3 is 14.6 Å². The Kier molecular flexibility index (Phi) is 5.09. The predicted molar refractivity (Wildman–Crippen MR) is 74.3 cm³/mol. The van der Waals surface area contributed by atoms with Crippen LogP contribution in [0.2, 0.25) is 0 Å². The third kappa shape index (κ3) is 3.56. The highest BCUT2D eigenvalue weighted by molar-refractivity contribution is 5.40. The summed E-state index contributed by atoms with van der Waals surface area (Å²) in [7, 11) is 1.59. The lowest BCUT2D eigenvalue weighted by molar-refractivity contribution is 0.142. The second-order valence-electron chi connectivity index (χ2n) is 4.34. The lowest BCUT2D eigenvalue weighted by Crippen LogP contribution is -2.08. The standard InChI is InChI=1S/C16H17FO3/c1-19-9-10-20-15-8-3-2-7-14(15)16(18)12-5-4-6-13(17)11-12/h2-8,11,16,18H,9-10H2,1H3. The maximum absolute atomic E-state index is 13.2. The van der Waals surface area contributed by atoms with Gasteiger partial charge in [-0.2, -0.15) is 0 Å². The van der Waals surface area contributed by atoms with Crippen LogP contribution in [-0.4, -0.2) is 25.4 Å². The minimum atomic E-state index is -0.926. The van der Waals surface area contributed by atoms with Gasteiger partial charge in [0.1, 0.15) is 24.3 Å².